The molecule has 156 valence electrons. The Morgan fingerprint density at radius 1 is 0.968 bits per heavy atom. The fourth-order valence-corrected chi connectivity index (χ4v) is 3.25. The average molecular weight is 413 g/mol. The second-order valence-electron chi connectivity index (χ2n) is 7.58. The van der Waals surface area contributed by atoms with E-state index >= 15 is 0 Å². The maximum absolute atomic E-state index is 12.7. The Morgan fingerprint density at radius 3 is 2.35 bits per heavy atom. The van der Waals surface area contributed by atoms with Crippen molar-refractivity contribution in [2.45, 2.75) is 13.5 Å². The number of nitrogens with zero attached hydrogens (tertiary/aromatic N) is 4. The molecule has 4 aromatic rings. The third-order valence-corrected chi connectivity index (χ3v) is 4.93. The van der Waals surface area contributed by atoms with Crippen LogP contribution < -0.4 is 5.32 Å². The number of amides is 2. The monoisotopic (exact) mass is 413 g/mol. The Kier molecular flexibility index (Phi) is 5.49. The average Bonchev–Trinajstić information content (AvgIpc) is 3.12. The highest BCUT2D eigenvalue weighted by molar-refractivity contribution is 6.06. The summed E-state index contributed by atoms with van der Waals surface area (Å²) in [5.41, 5.74) is 3.54. The predicted octanol–water partition coefficient (Wildman–Crippen LogP) is 3.74. The van der Waals surface area contributed by atoms with E-state index < -0.39 is 0 Å². The van der Waals surface area contributed by atoms with Crippen molar-refractivity contribution < 1.29 is 9.59 Å². The molecule has 0 spiro atoms. The summed E-state index contributed by atoms with van der Waals surface area (Å²) in [6, 6.07) is 20.6. The minimum Gasteiger partial charge on any atom is -0.343 e. The first-order chi connectivity index (χ1) is 14.9. The lowest BCUT2D eigenvalue weighted by atomic mass is 10.1. The van der Waals surface area contributed by atoms with Gasteiger partial charge in [-0.25, -0.2) is 9.67 Å². The van der Waals surface area contributed by atoms with Gasteiger partial charge in [-0.15, -0.1) is 0 Å². The van der Waals surface area contributed by atoms with Gasteiger partial charge in [0, 0.05) is 19.7 Å². The number of fused-ring (bicyclic) bond motifs is 1. The molecule has 7 heteroatoms. The van der Waals surface area contributed by atoms with Gasteiger partial charge in [-0.1, -0.05) is 48.0 Å². The number of benzene rings is 2. The lowest BCUT2D eigenvalue weighted by Gasteiger charge is -2.07. The number of hydrogen-bond donors (Lipinski definition) is 1. The summed E-state index contributed by atoms with van der Waals surface area (Å²) in [6.45, 7) is 2.43. The summed E-state index contributed by atoms with van der Waals surface area (Å²) in [7, 11) is 3.38. The molecule has 4 rings (SSSR count). The van der Waals surface area contributed by atoms with Crippen LogP contribution in [0.3, 0.4) is 0 Å². The molecule has 2 aromatic carbocycles. The summed E-state index contributed by atoms with van der Waals surface area (Å²) in [4.78, 5) is 31.4. The molecule has 2 amide bonds. The van der Waals surface area contributed by atoms with Crippen LogP contribution in [0.4, 0.5) is 5.82 Å². The highest BCUT2D eigenvalue weighted by atomic mass is 16.2. The number of carbonyl (C=O) groups is 2. The van der Waals surface area contributed by atoms with Crippen LogP contribution in [-0.2, 0) is 6.54 Å². The molecule has 0 aliphatic rings. The molecular formula is C24H23N5O2. The van der Waals surface area contributed by atoms with E-state index in [1.54, 1.807) is 43.0 Å². The fraction of sp³-hybridized carbons (Fsp3) is 0.167. The summed E-state index contributed by atoms with van der Waals surface area (Å²) in [5.74, 6) is -0.0447. The topological polar surface area (TPSA) is 80.1 Å². The lowest BCUT2D eigenvalue weighted by Crippen LogP contribution is -2.22. The largest absolute Gasteiger partial charge is 0.343 e. The fourth-order valence-electron chi connectivity index (χ4n) is 3.25. The molecule has 2 heterocycles. The number of hydrogen-bond acceptors (Lipinski definition) is 4. The minimum absolute atomic E-state index is 0.199. The van der Waals surface area contributed by atoms with Gasteiger partial charge < -0.3 is 10.2 Å². The van der Waals surface area contributed by atoms with Crippen molar-refractivity contribution in [1.82, 2.24) is 19.7 Å². The van der Waals surface area contributed by atoms with Crippen molar-refractivity contribution in [1.29, 1.82) is 0 Å². The van der Waals surface area contributed by atoms with Gasteiger partial charge in [0.05, 0.1) is 11.9 Å². The van der Waals surface area contributed by atoms with E-state index in [4.69, 9.17) is 0 Å². The molecule has 0 radical (unpaired) electrons. The van der Waals surface area contributed by atoms with E-state index in [1.807, 2.05) is 49.4 Å². The number of aromatic nitrogens is 3. The van der Waals surface area contributed by atoms with Crippen molar-refractivity contribution >= 4 is 28.7 Å². The summed E-state index contributed by atoms with van der Waals surface area (Å²) in [5, 5.41) is 8.02. The summed E-state index contributed by atoms with van der Waals surface area (Å²) < 4.78 is 1.70. The Hall–Kier alpha value is -4.00. The molecule has 0 bridgehead atoms. The van der Waals surface area contributed by atoms with E-state index in [2.05, 4.69) is 15.4 Å². The van der Waals surface area contributed by atoms with Gasteiger partial charge in [-0.05, 0) is 36.8 Å². The Bertz CT molecular complexity index is 1240. The Morgan fingerprint density at radius 2 is 1.68 bits per heavy atom. The zero-order valence-corrected chi connectivity index (χ0v) is 17.7. The highest BCUT2D eigenvalue weighted by Gasteiger charge is 2.20. The van der Waals surface area contributed by atoms with Crippen molar-refractivity contribution in [2.75, 3.05) is 19.4 Å². The first kappa shape index (κ1) is 20.3. The van der Waals surface area contributed by atoms with E-state index in [0.29, 0.717) is 34.7 Å². The smallest absolute Gasteiger partial charge is 0.274 e. The van der Waals surface area contributed by atoms with Crippen molar-refractivity contribution in [3.63, 3.8) is 0 Å². The van der Waals surface area contributed by atoms with Gasteiger partial charge in [0.25, 0.3) is 11.8 Å². The Labute approximate surface area is 180 Å². The number of nitrogens with one attached hydrogen (secondary N) is 1. The predicted molar refractivity (Wildman–Crippen MR) is 120 cm³/mol. The van der Waals surface area contributed by atoms with Crippen LogP contribution in [0, 0.1) is 6.92 Å². The second-order valence-corrected chi connectivity index (χ2v) is 7.58. The molecule has 1 N–H and O–H groups in total. The van der Waals surface area contributed by atoms with E-state index in [1.165, 1.54) is 4.90 Å². The number of pyridine rings is 1. The maximum atomic E-state index is 12.7. The van der Waals surface area contributed by atoms with Gasteiger partial charge in [0.1, 0.15) is 5.82 Å². The molecule has 2 aromatic heterocycles. The Balaban J connectivity index is 1.72. The molecule has 0 aliphatic carbocycles. The molecule has 0 saturated carbocycles. The van der Waals surface area contributed by atoms with Gasteiger partial charge in [-0.3, -0.25) is 9.59 Å². The van der Waals surface area contributed by atoms with Gasteiger partial charge in [-0.2, -0.15) is 5.10 Å². The summed E-state index contributed by atoms with van der Waals surface area (Å²) in [6.07, 6.45) is 0. The van der Waals surface area contributed by atoms with Gasteiger partial charge in [0.2, 0.25) is 0 Å². The zero-order chi connectivity index (χ0) is 22.0. The number of aryl methyl sites for hydroxylation is 1. The van der Waals surface area contributed by atoms with Crippen LogP contribution in [-0.4, -0.2) is 45.6 Å². The molecule has 7 nitrogen and oxygen atoms in total. The van der Waals surface area contributed by atoms with Gasteiger partial charge >= 0.3 is 0 Å². The van der Waals surface area contributed by atoms with Crippen LogP contribution in [0.25, 0.3) is 11.0 Å². The van der Waals surface area contributed by atoms with Crippen LogP contribution in [0.2, 0.25) is 0 Å². The number of carbonyl (C=O) groups excluding carboxylic acids is 2. The zero-order valence-electron chi connectivity index (χ0n) is 17.7. The van der Waals surface area contributed by atoms with E-state index in [-0.39, 0.29) is 11.8 Å². The van der Waals surface area contributed by atoms with Crippen molar-refractivity contribution in [2.24, 2.45) is 0 Å². The third kappa shape index (κ3) is 4.30. The van der Waals surface area contributed by atoms with E-state index in [9.17, 15) is 9.59 Å². The van der Waals surface area contributed by atoms with E-state index in [0.717, 1.165) is 11.1 Å². The van der Waals surface area contributed by atoms with Crippen LogP contribution >= 0.6 is 0 Å². The first-order valence-corrected chi connectivity index (χ1v) is 9.93. The summed E-state index contributed by atoms with van der Waals surface area (Å²) >= 11 is 0. The SMILES string of the molecule is Cc1ccc(C(=O)Nc2ccc3c(C(=O)N(C)C)nn(Cc4ccccc4)c3n2)cc1. The lowest BCUT2D eigenvalue weighted by molar-refractivity contribution is 0.0822. The third-order valence-electron chi connectivity index (χ3n) is 4.93. The van der Waals surface area contributed by atoms with Crippen molar-refractivity contribution in [3.8, 4) is 0 Å². The first-order valence-electron chi connectivity index (χ1n) is 9.93. The van der Waals surface area contributed by atoms with Crippen LogP contribution in [0.1, 0.15) is 32.0 Å². The van der Waals surface area contributed by atoms with Crippen LogP contribution in [0.15, 0.2) is 66.7 Å². The standard InChI is InChI=1S/C24H23N5O2/c1-16-9-11-18(12-10-16)23(30)26-20-14-13-19-21(24(31)28(2)3)27-29(22(19)25-20)15-17-7-5-4-6-8-17/h4-14H,15H2,1-3H3,(H,25,26,30). The van der Waals surface area contributed by atoms with Crippen molar-refractivity contribution in [3.05, 3.63) is 89.1 Å². The minimum atomic E-state index is -0.245. The number of rotatable bonds is 5. The molecule has 31 heavy (non-hydrogen) atoms. The molecule has 0 fully saturated rings. The van der Waals surface area contributed by atoms with Crippen LogP contribution in [0.5, 0.6) is 0 Å². The quantitative estimate of drug-likeness (QED) is 0.540. The maximum Gasteiger partial charge on any atom is 0.274 e. The highest BCUT2D eigenvalue weighted by Crippen LogP contribution is 2.22. The van der Waals surface area contributed by atoms with Gasteiger partial charge in [0.15, 0.2) is 11.3 Å². The molecule has 0 aliphatic heterocycles. The second kappa shape index (κ2) is 8.39. The molecular weight excluding hydrogens is 390 g/mol. The molecule has 0 saturated heterocycles. The molecule has 0 unspecified atom stereocenters. The molecule has 0 atom stereocenters. The normalized spacial score (nSPS) is 10.8. The number of anilines is 1.